The number of carbonyl (C=O) groups is 1. The first-order valence-corrected chi connectivity index (χ1v) is 5.68. The molecule has 0 aromatic carbocycles. The second-order valence-corrected chi connectivity index (χ2v) is 4.41. The first-order valence-electron chi connectivity index (χ1n) is 5.68. The van der Waals surface area contributed by atoms with Crippen molar-refractivity contribution in [3.05, 3.63) is 11.6 Å². The molecule has 1 aliphatic rings. The molecule has 1 rings (SSSR count). The number of likely N-dealkylation sites (N-methyl/N-ethyl adjacent to an activating group) is 1. The molecular formula is C12H21NO2. The van der Waals surface area contributed by atoms with Gasteiger partial charge < -0.3 is 5.11 Å². The van der Waals surface area contributed by atoms with Crippen LogP contribution >= 0.6 is 0 Å². The van der Waals surface area contributed by atoms with Gasteiger partial charge in [-0.25, -0.2) is 4.79 Å². The molecule has 1 saturated carbocycles. The van der Waals surface area contributed by atoms with Crippen molar-refractivity contribution >= 4 is 5.97 Å². The molecule has 0 aromatic rings. The topological polar surface area (TPSA) is 40.5 Å². The van der Waals surface area contributed by atoms with Crippen molar-refractivity contribution in [2.75, 3.05) is 13.6 Å². The minimum absolute atomic E-state index is 0.518. The Morgan fingerprint density at radius 3 is 2.60 bits per heavy atom. The fourth-order valence-corrected chi connectivity index (χ4v) is 1.74. The first-order chi connectivity index (χ1) is 7.06. The standard InChI is InChI=1S/C12H21NO2/c1-4-10(12(14)15)7-8-13(3)9(2)11-5-6-11/h7,9,11H,4-6,8H2,1-3H3,(H,14,15). The van der Waals surface area contributed by atoms with Crippen LogP contribution in [0.3, 0.4) is 0 Å². The van der Waals surface area contributed by atoms with Gasteiger partial charge in [0.25, 0.3) is 0 Å². The number of aliphatic carboxylic acids is 1. The highest BCUT2D eigenvalue weighted by Gasteiger charge is 2.29. The largest absolute Gasteiger partial charge is 0.478 e. The number of hydrogen-bond donors (Lipinski definition) is 1. The normalized spacial score (nSPS) is 19.3. The molecule has 0 heterocycles. The Labute approximate surface area is 91.8 Å². The van der Waals surface area contributed by atoms with Gasteiger partial charge in [0.2, 0.25) is 0 Å². The summed E-state index contributed by atoms with van der Waals surface area (Å²) in [5.41, 5.74) is 0.518. The molecule has 1 aliphatic carbocycles. The van der Waals surface area contributed by atoms with E-state index in [1.165, 1.54) is 12.8 Å². The predicted octanol–water partition coefficient (Wildman–Crippen LogP) is 2.14. The van der Waals surface area contributed by atoms with E-state index in [2.05, 4.69) is 18.9 Å². The minimum Gasteiger partial charge on any atom is -0.478 e. The fraction of sp³-hybridized carbons (Fsp3) is 0.750. The van der Waals surface area contributed by atoms with E-state index in [4.69, 9.17) is 5.11 Å². The molecule has 0 bridgehead atoms. The molecule has 1 fully saturated rings. The maximum absolute atomic E-state index is 10.8. The van der Waals surface area contributed by atoms with Crippen molar-refractivity contribution in [2.45, 2.75) is 39.2 Å². The Morgan fingerprint density at radius 1 is 1.60 bits per heavy atom. The van der Waals surface area contributed by atoms with E-state index < -0.39 is 5.97 Å². The lowest BCUT2D eigenvalue weighted by Crippen LogP contribution is -2.31. The molecule has 1 unspecified atom stereocenters. The zero-order valence-electron chi connectivity index (χ0n) is 9.86. The number of hydrogen-bond acceptors (Lipinski definition) is 2. The van der Waals surface area contributed by atoms with Crippen LogP contribution < -0.4 is 0 Å². The van der Waals surface area contributed by atoms with Crippen molar-refractivity contribution in [2.24, 2.45) is 5.92 Å². The van der Waals surface area contributed by atoms with E-state index in [-0.39, 0.29) is 0 Å². The van der Waals surface area contributed by atoms with Crippen molar-refractivity contribution in [3.63, 3.8) is 0 Å². The molecule has 0 aliphatic heterocycles. The highest BCUT2D eigenvalue weighted by Crippen LogP contribution is 2.34. The van der Waals surface area contributed by atoms with Crippen LogP contribution in [0.2, 0.25) is 0 Å². The van der Waals surface area contributed by atoms with Gasteiger partial charge in [-0.3, -0.25) is 4.90 Å². The molecule has 15 heavy (non-hydrogen) atoms. The Bertz CT molecular complexity index is 256. The summed E-state index contributed by atoms with van der Waals surface area (Å²) >= 11 is 0. The highest BCUT2D eigenvalue weighted by atomic mass is 16.4. The molecule has 0 saturated heterocycles. The number of carboxylic acid groups (broad SMARTS) is 1. The molecule has 3 heteroatoms. The van der Waals surface area contributed by atoms with Crippen LogP contribution in [0, 0.1) is 5.92 Å². The molecule has 0 amide bonds. The van der Waals surface area contributed by atoms with Crippen LogP contribution in [0.25, 0.3) is 0 Å². The van der Waals surface area contributed by atoms with E-state index in [0.29, 0.717) is 18.0 Å². The lowest BCUT2D eigenvalue weighted by molar-refractivity contribution is -0.132. The van der Waals surface area contributed by atoms with E-state index in [9.17, 15) is 4.79 Å². The summed E-state index contributed by atoms with van der Waals surface area (Å²) in [5, 5.41) is 8.86. The third-order valence-electron chi connectivity index (χ3n) is 3.28. The summed E-state index contributed by atoms with van der Waals surface area (Å²) in [6.45, 7) is 4.84. The summed E-state index contributed by atoms with van der Waals surface area (Å²) in [6.07, 6.45) is 5.09. The maximum Gasteiger partial charge on any atom is 0.331 e. The van der Waals surface area contributed by atoms with Crippen LogP contribution in [0.4, 0.5) is 0 Å². The van der Waals surface area contributed by atoms with Gasteiger partial charge in [0.05, 0.1) is 0 Å². The van der Waals surface area contributed by atoms with Gasteiger partial charge >= 0.3 is 5.97 Å². The van der Waals surface area contributed by atoms with E-state index in [1.54, 1.807) is 0 Å². The van der Waals surface area contributed by atoms with Crippen LogP contribution in [0.15, 0.2) is 11.6 Å². The molecule has 0 radical (unpaired) electrons. The summed E-state index contributed by atoms with van der Waals surface area (Å²) in [5.74, 6) is 0.0447. The number of carboxylic acids is 1. The predicted molar refractivity (Wildman–Crippen MR) is 60.8 cm³/mol. The molecule has 0 aromatic heterocycles. The van der Waals surface area contributed by atoms with Crippen molar-refractivity contribution in [3.8, 4) is 0 Å². The van der Waals surface area contributed by atoms with Gasteiger partial charge in [-0.15, -0.1) is 0 Å². The van der Waals surface area contributed by atoms with Crippen molar-refractivity contribution < 1.29 is 9.90 Å². The van der Waals surface area contributed by atoms with Crippen LogP contribution in [-0.2, 0) is 4.79 Å². The molecule has 86 valence electrons. The second-order valence-electron chi connectivity index (χ2n) is 4.41. The first kappa shape index (κ1) is 12.2. The van der Waals surface area contributed by atoms with Gasteiger partial charge in [0, 0.05) is 18.2 Å². The quantitative estimate of drug-likeness (QED) is 0.684. The van der Waals surface area contributed by atoms with Crippen LogP contribution in [-0.4, -0.2) is 35.6 Å². The zero-order valence-corrected chi connectivity index (χ0v) is 9.86. The summed E-state index contributed by atoms with van der Waals surface area (Å²) in [6, 6.07) is 0.577. The molecule has 3 nitrogen and oxygen atoms in total. The van der Waals surface area contributed by atoms with Crippen LogP contribution in [0.5, 0.6) is 0 Å². The Kier molecular flexibility index (Phi) is 4.33. The monoisotopic (exact) mass is 211 g/mol. The van der Waals surface area contributed by atoms with Crippen LogP contribution in [0.1, 0.15) is 33.1 Å². The Balaban J connectivity index is 2.42. The third-order valence-corrected chi connectivity index (χ3v) is 3.28. The highest BCUT2D eigenvalue weighted by molar-refractivity contribution is 5.86. The maximum atomic E-state index is 10.8. The van der Waals surface area contributed by atoms with E-state index in [0.717, 1.165) is 12.5 Å². The third kappa shape index (κ3) is 3.67. The van der Waals surface area contributed by atoms with Gasteiger partial charge in [0.1, 0.15) is 0 Å². The van der Waals surface area contributed by atoms with E-state index >= 15 is 0 Å². The average Bonchev–Trinajstić information content (AvgIpc) is 3.00. The average molecular weight is 211 g/mol. The van der Waals surface area contributed by atoms with Gasteiger partial charge in [0.15, 0.2) is 0 Å². The second kappa shape index (κ2) is 5.31. The summed E-state index contributed by atoms with van der Waals surface area (Å²) in [7, 11) is 2.06. The van der Waals surface area contributed by atoms with Crippen molar-refractivity contribution in [1.29, 1.82) is 0 Å². The van der Waals surface area contributed by atoms with E-state index in [1.807, 2.05) is 13.0 Å². The lowest BCUT2D eigenvalue weighted by atomic mass is 10.1. The molecule has 1 N–H and O–H groups in total. The number of nitrogens with zero attached hydrogens (tertiary/aromatic N) is 1. The van der Waals surface area contributed by atoms with Gasteiger partial charge in [-0.2, -0.15) is 0 Å². The van der Waals surface area contributed by atoms with Gasteiger partial charge in [-0.05, 0) is 39.2 Å². The smallest absolute Gasteiger partial charge is 0.331 e. The fourth-order valence-electron chi connectivity index (χ4n) is 1.74. The molecule has 1 atom stereocenters. The molecular weight excluding hydrogens is 190 g/mol. The summed E-state index contributed by atoms with van der Waals surface area (Å²) < 4.78 is 0. The SMILES string of the molecule is CCC(=CCN(C)C(C)C1CC1)C(=O)O. The minimum atomic E-state index is -0.787. The zero-order chi connectivity index (χ0) is 11.4. The number of rotatable bonds is 6. The molecule has 0 spiro atoms. The van der Waals surface area contributed by atoms with Gasteiger partial charge in [-0.1, -0.05) is 13.0 Å². The summed E-state index contributed by atoms with van der Waals surface area (Å²) in [4.78, 5) is 13.0. The Hall–Kier alpha value is -0.830. The Morgan fingerprint density at radius 2 is 2.20 bits per heavy atom. The lowest BCUT2D eigenvalue weighted by Gasteiger charge is -2.23. The van der Waals surface area contributed by atoms with Crippen molar-refractivity contribution in [1.82, 2.24) is 4.90 Å².